The van der Waals surface area contributed by atoms with Crippen molar-refractivity contribution in [1.29, 1.82) is 0 Å². The minimum Gasteiger partial charge on any atom is -0.494 e. The van der Waals surface area contributed by atoms with Crippen LogP contribution in [-0.4, -0.2) is 18.8 Å². The van der Waals surface area contributed by atoms with E-state index < -0.39 is 5.97 Å². The molecule has 0 aliphatic carbocycles. The third-order valence-corrected chi connectivity index (χ3v) is 6.67. The highest BCUT2D eigenvalue weighted by atomic mass is 16.5. The molecular formula is C34H37NO3. The van der Waals surface area contributed by atoms with Gasteiger partial charge >= 0.3 is 5.97 Å². The van der Waals surface area contributed by atoms with Crippen LogP contribution in [0.2, 0.25) is 0 Å². The number of carbonyl (C=O) groups excluding carboxylic acids is 1. The number of unbranched alkanes of at least 4 members (excludes halogenated alkanes) is 5. The van der Waals surface area contributed by atoms with Gasteiger partial charge in [-0.2, -0.15) is 0 Å². The monoisotopic (exact) mass is 507 g/mol. The summed E-state index contributed by atoms with van der Waals surface area (Å²) in [5, 5.41) is 2.43. The molecule has 4 heteroatoms. The van der Waals surface area contributed by atoms with Gasteiger partial charge in [0, 0.05) is 6.21 Å². The molecule has 4 aromatic rings. The highest BCUT2D eigenvalue weighted by molar-refractivity contribution is 5.92. The van der Waals surface area contributed by atoms with Gasteiger partial charge in [0.15, 0.2) is 0 Å². The summed E-state index contributed by atoms with van der Waals surface area (Å²) in [6, 6.07) is 29.2. The number of esters is 1. The fraction of sp³-hybridized carbons (Fsp3) is 0.294. The van der Waals surface area contributed by atoms with Gasteiger partial charge in [0.2, 0.25) is 0 Å². The van der Waals surface area contributed by atoms with Crippen LogP contribution in [0.3, 0.4) is 0 Å². The first-order valence-electron chi connectivity index (χ1n) is 13.7. The van der Waals surface area contributed by atoms with Crippen molar-refractivity contribution in [3.63, 3.8) is 0 Å². The first-order chi connectivity index (χ1) is 18.6. The van der Waals surface area contributed by atoms with Crippen LogP contribution in [0.15, 0.2) is 96.0 Å². The number of ether oxygens (including phenoxy) is 2. The molecule has 0 fully saturated rings. The molecule has 4 nitrogen and oxygen atoms in total. The van der Waals surface area contributed by atoms with Gasteiger partial charge in [0.05, 0.1) is 18.2 Å². The number of nitrogens with zero attached hydrogens (tertiary/aromatic N) is 1. The predicted molar refractivity (Wildman–Crippen MR) is 157 cm³/mol. The molecule has 196 valence electrons. The summed E-state index contributed by atoms with van der Waals surface area (Å²) in [7, 11) is 0. The van der Waals surface area contributed by atoms with Crippen LogP contribution in [0.4, 0.5) is 0 Å². The molecule has 0 heterocycles. The molecule has 0 aliphatic heterocycles. The molecule has 0 amide bonds. The predicted octanol–water partition coefficient (Wildman–Crippen LogP) is 8.98. The van der Waals surface area contributed by atoms with Crippen LogP contribution in [0.1, 0.15) is 79.9 Å². The van der Waals surface area contributed by atoms with Gasteiger partial charge in [-0.15, -0.1) is 0 Å². The summed E-state index contributed by atoms with van der Waals surface area (Å²) in [6.07, 6.45) is 9.26. The summed E-state index contributed by atoms with van der Waals surface area (Å²) >= 11 is 0. The van der Waals surface area contributed by atoms with Crippen LogP contribution in [0.25, 0.3) is 10.8 Å². The summed E-state index contributed by atoms with van der Waals surface area (Å²) in [4.78, 5) is 17.4. The number of benzene rings is 4. The molecule has 0 N–H and O–H groups in total. The van der Waals surface area contributed by atoms with E-state index in [1.165, 1.54) is 48.4 Å². The van der Waals surface area contributed by atoms with E-state index in [0.717, 1.165) is 17.7 Å². The molecule has 0 aromatic heterocycles. The van der Waals surface area contributed by atoms with Gasteiger partial charge in [0.1, 0.15) is 11.5 Å². The summed E-state index contributed by atoms with van der Waals surface area (Å²) in [5.41, 5.74) is 2.62. The Balaban J connectivity index is 1.26. The van der Waals surface area contributed by atoms with Crippen LogP contribution in [0.5, 0.6) is 11.5 Å². The molecule has 4 rings (SSSR count). The van der Waals surface area contributed by atoms with E-state index in [0.29, 0.717) is 17.9 Å². The number of fused-ring (bicyclic) bond motifs is 1. The summed E-state index contributed by atoms with van der Waals surface area (Å²) < 4.78 is 11.4. The normalized spacial score (nSPS) is 12.1. The molecule has 1 unspecified atom stereocenters. The third-order valence-electron chi connectivity index (χ3n) is 6.67. The molecule has 0 aliphatic rings. The van der Waals surface area contributed by atoms with Crippen LogP contribution >= 0.6 is 0 Å². The topological polar surface area (TPSA) is 47.9 Å². The minimum absolute atomic E-state index is 0.0171. The maximum absolute atomic E-state index is 12.6. The molecular weight excluding hydrogens is 470 g/mol. The smallest absolute Gasteiger partial charge is 0.343 e. The van der Waals surface area contributed by atoms with Crippen molar-refractivity contribution < 1.29 is 14.3 Å². The Bertz CT molecular complexity index is 1320. The second kappa shape index (κ2) is 14.1. The van der Waals surface area contributed by atoms with Crippen molar-refractivity contribution in [3.05, 3.63) is 108 Å². The van der Waals surface area contributed by atoms with Gasteiger partial charge in [-0.3, -0.25) is 4.99 Å². The van der Waals surface area contributed by atoms with E-state index in [2.05, 4.69) is 50.2 Å². The highest BCUT2D eigenvalue weighted by Gasteiger charge is 2.10. The molecule has 0 saturated carbocycles. The van der Waals surface area contributed by atoms with E-state index in [-0.39, 0.29) is 6.04 Å². The van der Waals surface area contributed by atoms with Crippen LogP contribution in [-0.2, 0) is 0 Å². The number of hydrogen-bond acceptors (Lipinski definition) is 4. The van der Waals surface area contributed by atoms with Gasteiger partial charge in [-0.1, -0.05) is 93.6 Å². The lowest BCUT2D eigenvalue weighted by Crippen LogP contribution is -2.08. The molecule has 38 heavy (non-hydrogen) atoms. The zero-order chi connectivity index (χ0) is 26.6. The molecule has 4 aromatic carbocycles. The molecule has 0 bridgehead atoms. The largest absolute Gasteiger partial charge is 0.494 e. The maximum atomic E-state index is 12.6. The second-order valence-corrected chi connectivity index (χ2v) is 9.62. The van der Waals surface area contributed by atoms with Crippen molar-refractivity contribution in [2.45, 2.75) is 58.4 Å². The number of hydrogen-bond donors (Lipinski definition) is 0. The van der Waals surface area contributed by atoms with E-state index >= 15 is 0 Å². The molecule has 0 radical (unpaired) electrons. The Hall–Kier alpha value is -3.92. The fourth-order valence-corrected chi connectivity index (χ4v) is 4.44. The summed E-state index contributed by atoms with van der Waals surface area (Å²) in [5.74, 6) is 0.898. The quantitative estimate of drug-likeness (QED) is 0.0785. The molecule has 0 spiro atoms. The lowest BCUT2D eigenvalue weighted by atomic mass is 10.00. The van der Waals surface area contributed by atoms with Gasteiger partial charge < -0.3 is 9.47 Å². The van der Waals surface area contributed by atoms with E-state index in [1.54, 1.807) is 24.3 Å². The Morgan fingerprint density at radius 3 is 2.26 bits per heavy atom. The van der Waals surface area contributed by atoms with Crippen molar-refractivity contribution in [2.75, 3.05) is 6.61 Å². The minimum atomic E-state index is -0.390. The molecule has 0 saturated heterocycles. The number of carbonyl (C=O) groups is 1. The van der Waals surface area contributed by atoms with Crippen LogP contribution in [0, 0.1) is 0 Å². The van der Waals surface area contributed by atoms with Crippen molar-refractivity contribution in [2.24, 2.45) is 4.99 Å². The highest BCUT2D eigenvalue weighted by Crippen LogP contribution is 2.26. The van der Waals surface area contributed by atoms with E-state index in [4.69, 9.17) is 14.5 Å². The van der Waals surface area contributed by atoms with Gasteiger partial charge in [-0.25, -0.2) is 4.79 Å². The lowest BCUT2D eigenvalue weighted by molar-refractivity contribution is 0.0734. The summed E-state index contributed by atoms with van der Waals surface area (Å²) in [6.45, 7) is 5.03. The third kappa shape index (κ3) is 7.79. The number of rotatable bonds is 13. The van der Waals surface area contributed by atoms with E-state index in [1.807, 2.05) is 36.5 Å². The lowest BCUT2D eigenvalue weighted by Gasteiger charge is -2.10. The average Bonchev–Trinajstić information content (AvgIpc) is 2.96. The Labute approximate surface area is 226 Å². The van der Waals surface area contributed by atoms with Crippen molar-refractivity contribution >= 4 is 23.0 Å². The second-order valence-electron chi connectivity index (χ2n) is 9.62. The zero-order valence-electron chi connectivity index (χ0n) is 22.4. The Morgan fingerprint density at radius 2 is 1.47 bits per heavy atom. The number of aliphatic imine (C=N–C) groups is 1. The SMILES string of the molecule is CCCCCCCCOc1ccc(OC(=O)c2ccc(C=NC(C)c3cccc4ccccc34)cc2)cc1. The zero-order valence-corrected chi connectivity index (χ0v) is 22.4. The Kier molecular flexibility index (Phi) is 10.1. The molecule has 1 atom stereocenters. The standard InChI is InChI=1S/C34H37NO3/c1-3-4-5-6-7-10-24-37-30-20-22-31(23-21-30)38-34(36)29-18-16-27(17-19-29)25-35-26(2)32-15-11-13-28-12-8-9-14-33(28)32/h8-9,11-23,25-26H,3-7,10,24H2,1-2H3. The maximum Gasteiger partial charge on any atom is 0.343 e. The Morgan fingerprint density at radius 1 is 0.789 bits per heavy atom. The van der Waals surface area contributed by atoms with Crippen LogP contribution < -0.4 is 9.47 Å². The van der Waals surface area contributed by atoms with Crippen molar-refractivity contribution in [1.82, 2.24) is 0 Å². The fourth-order valence-electron chi connectivity index (χ4n) is 4.44. The van der Waals surface area contributed by atoms with Crippen molar-refractivity contribution in [3.8, 4) is 11.5 Å². The van der Waals surface area contributed by atoms with Gasteiger partial charge in [-0.05, 0) is 71.6 Å². The van der Waals surface area contributed by atoms with E-state index in [9.17, 15) is 4.79 Å². The average molecular weight is 508 g/mol. The first kappa shape index (κ1) is 27.1. The van der Waals surface area contributed by atoms with Gasteiger partial charge in [0.25, 0.3) is 0 Å². The first-order valence-corrected chi connectivity index (χ1v) is 13.7.